The van der Waals surface area contributed by atoms with E-state index in [0.717, 1.165) is 5.56 Å². The molecule has 1 aromatic carbocycles. The first-order chi connectivity index (χ1) is 9.97. The van der Waals surface area contributed by atoms with Gasteiger partial charge in [0.2, 0.25) is 5.91 Å². The minimum atomic E-state index is -0.991. The number of thioether (sulfide) groups is 1. The summed E-state index contributed by atoms with van der Waals surface area (Å²) >= 11 is 1.45. The Kier molecular flexibility index (Phi) is 3.36. The molecular weight excluding hydrogens is 292 g/mol. The third-order valence-corrected chi connectivity index (χ3v) is 4.94. The topological polar surface area (TPSA) is 86.7 Å². The van der Waals surface area contributed by atoms with Crippen molar-refractivity contribution in [3.8, 4) is 0 Å². The fraction of sp³-hybridized carbons (Fsp3) is 0.357. The summed E-state index contributed by atoms with van der Waals surface area (Å²) in [6.07, 6.45) is 0.317. The van der Waals surface area contributed by atoms with Crippen LogP contribution in [0, 0.1) is 0 Å². The summed E-state index contributed by atoms with van der Waals surface area (Å²) in [7, 11) is 0. The van der Waals surface area contributed by atoms with Crippen molar-refractivity contribution in [3.05, 3.63) is 29.3 Å². The van der Waals surface area contributed by atoms with Crippen molar-refractivity contribution in [1.29, 1.82) is 0 Å². The van der Waals surface area contributed by atoms with Crippen LogP contribution >= 0.6 is 11.8 Å². The van der Waals surface area contributed by atoms with E-state index in [9.17, 15) is 19.5 Å². The maximum atomic E-state index is 12.6. The average Bonchev–Trinajstić information content (AvgIpc) is 2.98. The van der Waals surface area contributed by atoms with E-state index < -0.39 is 12.0 Å². The number of fused-ring (bicyclic) bond motifs is 1. The zero-order chi connectivity index (χ0) is 15.1. The maximum absolute atomic E-state index is 12.6. The van der Waals surface area contributed by atoms with Crippen LogP contribution in [0.3, 0.4) is 0 Å². The van der Waals surface area contributed by atoms with Crippen molar-refractivity contribution >= 4 is 35.2 Å². The van der Waals surface area contributed by atoms with Gasteiger partial charge in [-0.3, -0.25) is 9.59 Å². The van der Waals surface area contributed by atoms with Crippen LogP contribution in [0.25, 0.3) is 0 Å². The van der Waals surface area contributed by atoms with Crippen LogP contribution in [0.1, 0.15) is 22.8 Å². The Labute approximate surface area is 125 Å². The van der Waals surface area contributed by atoms with Crippen molar-refractivity contribution in [2.24, 2.45) is 0 Å². The monoisotopic (exact) mass is 306 g/mol. The summed E-state index contributed by atoms with van der Waals surface area (Å²) < 4.78 is 0. The van der Waals surface area contributed by atoms with E-state index in [1.165, 1.54) is 16.7 Å². The molecule has 1 aromatic rings. The highest BCUT2D eigenvalue weighted by Crippen LogP contribution is 2.32. The summed E-state index contributed by atoms with van der Waals surface area (Å²) in [4.78, 5) is 36.6. The van der Waals surface area contributed by atoms with E-state index in [4.69, 9.17) is 0 Å². The molecule has 2 aliphatic heterocycles. The Bertz CT molecular complexity index is 646. The zero-order valence-corrected chi connectivity index (χ0v) is 12.1. The first kappa shape index (κ1) is 13.9. The Balaban J connectivity index is 1.90. The van der Waals surface area contributed by atoms with E-state index >= 15 is 0 Å². The average molecular weight is 306 g/mol. The molecule has 1 saturated heterocycles. The van der Waals surface area contributed by atoms with E-state index in [2.05, 4.69) is 5.32 Å². The summed E-state index contributed by atoms with van der Waals surface area (Å²) in [5.41, 5.74) is 1.89. The van der Waals surface area contributed by atoms with Crippen molar-refractivity contribution in [2.75, 3.05) is 11.1 Å². The van der Waals surface area contributed by atoms with Crippen LogP contribution in [-0.2, 0) is 16.0 Å². The number of aliphatic carboxylic acids is 1. The molecule has 2 heterocycles. The normalized spacial score (nSPS) is 23.9. The van der Waals surface area contributed by atoms with Gasteiger partial charge in [0.25, 0.3) is 5.91 Å². The number of carboxylic acids is 1. The van der Waals surface area contributed by atoms with E-state index in [-0.39, 0.29) is 17.2 Å². The van der Waals surface area contributed by atoms with Crippen LogP contribution < -0.4 is 5.32 Å². The Morgan fingerprint density at radius 1 is 1.43 bits per heavy atom. The van der Waals surface area contributed by atoms with Crippen LogP contribution in [0.4, 0.5) is 5.69 Å². The van der Waals surface area contributed by atoms with Crippen molar-refractivity contribution in [1.82, 2.24) is 4.90 Å². The quantitative estimate of drug-likeness (QED) is 0.856. The third-order valence-electron chi connectivity index (χ3n) is 3.72. The van der Waals surface area contributed by atoms with Gasteiger partial charge >= 0.3 is 5.97 Å². The van der Waals surface area contributed by atoms with E-state index in [0.29, 0.717) is 23.4 Å². The van der Waals surface area contributed by atoms with E-state index in [1.54, 1.807) is 18.2 Å². The number of carboxylic acid groups (broad SMARTS) is 1. The fourth-order valence-corrected chi connectivity index (χ4v) is 3.81. The number of benzene rings is 1. The van der Waals surface area contributed by atoms with Crippen molar-refractivity contribution in [2.45, 2.75) is 24.8 Å². The second kappa shape index (κ2) is 5.07. The molecule has 0 spiro atoms. The Morgan fingerprint density at radius 3 is 2.90 bits per heavy atom. The smallest absolute Gasteiger partial charge is 0.327 e. The standard InChI is InChI=1S/C14H14N2O4S/c1-7-16(11(6-21-7)14(19)20)13(18)9-3-2-8-5-12(17)15-10(8)4-9/h2-4,7,11H,5-6H2,1H3,(H,15,17)(H,19,20). The van der Waals surface area contributed by atoms with Gasteiger partial charge in [-0.05, 0) is 24.6 Å². The van der Waals surface area contributed by atoms with Crippen molar-refractivity contribution in [3.63, 3.8) is 0 Å². The molecule has 1 fully saturated rings. The minimum Gasteiger partial charge on any atom is -0.480 e. The number of nitrogens with zero attached hydrogens (tertiary/aromatic N) is 1. The molecular formula is C14H14N2O4S. The summed E-state index contributed by atoms with van der Waals surface area (Å²) in [6.45, 7) is 1.82. The molecule has 2 N–H and O–H groups in total. The summed E-state index contributed by atoms with van der Waals surface area (Å²) in [5, 5.41) is 11.7. The molecule has 21 heavy (non-hydrogen) atoms. The molecule has 0 aliphatic carbocycles. The van der Waals surface area contributed by atoms with Gasteiger partial charge in [0.05, 0.1) is 11.8 Å². The van der Waals surface area contributed by atoms with Gasteiger partial charge in [0.15, 0.2) is 0 Å². The molecule has 2 amide bonds. The number of hydrogen-bond acceptors (Lipinski definition) is 4. The second-order valence-corrected chi connectivity index (χ2v) is 6.44. The van der Waals surface area contributed by atoms with Gasteiger partial charge in [0.1, 0.15) is 6.04 Å². The number of carbonyl (C=O) groups excluding carboxylic acids is 2. The SMILES string of the molecule is CC1SCC(C(=O)O)N1C(=O)c1ccc2c(c1)NC(=O)C2. The minimum absolute atomic E-state index is 0.0943. The first-order valence-electron chi connectivity index (χ1n) is 6.57. The number of carbonyl (C=O) groups is 3. The lowest BCUT2D eigenvalue weighted by Gasteiger charge is -2.25. The number of rotatable bonds is 2. The van der Waals surface area contributed by atoms with E-state index in [1.807, 2.05) is 6.92 Å². The zero-order valence-electron chi connectivity index (χ0n) is 11.3. The number of hydrogen-bond donors (Lipinski definition) is 2. The van der Waals surface area contributed by atoms with Gasteiger partial charge in [-0.2, -0.15) is 0 Å². The van der Waals surface area contributed by atoms with Gasteiger partial charge in [-0.1, -0.05) is 6.07 Å². The molecule has 3 rings (SSSR count). The van der Waals surface area contributed by atoms with Crippen LogP contribution in [0.15, 0.2) is 18.2 Å². The Hall–Kier alpha value is -2.02. The highest BCUT2D eigenvalue weighted by molar-refractivity contribution is 8.00. The first-order valence-corrected chi connectivity index (χ1v) is 7.62. The molecule has 6 nitrogen and oxygen atoms in total. The molecule has 0 bridgehead atoms. The molecule has 2 atom stereocenters. The number of amides is 2. The molecule has 0 aromatic heterocycles. The predicted molar refractivity (Wildman–Crippen MR) is 78.3 cm³/mol. The Morgan fingerprint density at radius 2 is 2.19 bits per heavy atom. The van der Waals surface area contributed by atoms with Gasteiger partial charge < -0.3 is 15.3 Å². The van der Waals surface area contributed by atoms with Crippen LogP contribution in [-0.4, -0.2) is 45.0 Å². The molecule has 7 heteroatoms. The second-order valence-electron chi connectivity index (χ2n) is 5.10. The number of nitrogens with one attached hydrogen (secondary N) is 1. The third kappa shape index (κ3) is 2.37. The predicted octanol–water partition coefficient (Wildman–Crippen LogP) is 1.17. The summed E-state index contributed by atoms with van der Waals surface area (Å²) in [6, 6.07) is 4.21. The fourth-order valence-electron chi connectivity index (χ4n) is 2.64. The largest absolute Gasteiger partial charge is 0.480 e. The van der Waals surface area contributed by atoms with Gasteiger partial charge in [-0.25, -0.2) is 4.79 Å². The van der Waals surface area contributed by atoms with Crippen molar-refractivity contribution < 1.29 is 19.5 Å². The van der Waals surface area contributed by atoms with Crippen LogP contribution in [0.2, 0.25) is 0 Å². The molecule has 2 aliphatic rings. The lowest BCUT2D eigenvalue weighted by Crippen LogP contribution is -2.44. The van der Waals surface area contributed by atoms with Gasteiger partial charge in [0, 0.05) is 17.0 Å². The molecule has 0 radical (unpaired) electrons. The number of anilines is 1. The lowest BCUT2D eigenvalue weighted by molar-refractivity contribution is -0.141. The molecule has 110 valence electrons. The molecule has 2 unspecified atom stereocenters. The highest BCUT2D eigenvalue weighted by atomic mass is 32.2. The summed E-state index contributed by atoms with van der Waals surface area (Å²) in [5.74, 6) is -1.01. The maximum Gasteiger partial charge on any atom is 0.327 e. The lowest BCUT2D eigenvalue weighted by atomic mass is 10.1. The highest BCUT2D eigenvalue weighted by Gasteiger charge is 2.40. The van der Waals surface area contributed by atoms with Crippen LogP contribution in [0.5, 0.6) is 0 Å². The van der Waals surface area contributed by atoms with Gasteiger partial charge in [-0.15, -0.1) is 11.8 Å². The molecule has 0 saturated carbocycles.